The standard InChI is InChI=1S/C14H12F3N5.C14H16N6OS.C13H13N5.C11H10N4O/c15-14(16,17)10-4-2-1-3-9(10)5-6-18-12-11-13(20-7-19-11)22-8-21-12;1-2-9(3-1)7-21-14-19-11-12(17-8-18-13(11)20-14)16-6-10-15-4-5-22-10;1-9-3-2-4-10(5-9)6-14-12-11-13(16-7-15-11)18-8-17-12;1-2-8(16-5-1)6-13-11-9-3-4-12-10(9)14-7-15-11/h1-4,7-8H,5-6H2,(H2,18,19,20,21,22);4-5,8-9H,1-3,6-7H2,(H2,16,17,18,19,20);2-5,7-8H,6H2,1H3,(H2,14,15,16,17,18);1-5,7H,6H2,(H2,12,13,14,15). The lowest BCUT2D eigenvalue weighted by Gasteiger charge is -2.24. The van der Waals surface area contributed by atoms with Crippen LogP contribution in [-0.4, -0.2) is 92.9 Å². The first kappa shape index (κ1) is 51.9. The Morgan fingerprint density at radius 2 is 1.38 bits per heavy atom. The summed E-state index contributed by atoms with van der Waals surface area (Å²) < 4.78 is 49.7. The first-order valence-corrected chi connectivity index (χ1v) is 25.5. The molecule has 0 bridgehead atoms. The molecule has 12 aromatic rings. The summed E-state index contributed by atoms with van der Waals surface area (Å²) >= 11 is 1.61. The highest BCUT2D eigenvalue weighted by Gasteiger charge is 2.32. The number of imidazole rings is 3. The molecule has 1 fully saturated rings. The van der Waals surface area contributed by atoms with Crippen molar-refractivity contribution in [2.45, 2.75) is 58.4 Å². The molecule has 0 spiro atoms. The Hall–Kier alpha value is -9.59. The number of hydrogen-bond acceptors (Lipinski definition) is 19. The van der Waals surface area contributed by atoms with Gasteiger partial charge in [-0.05, 0) is 67.5 Å². The van der Waals surface area contributed by atoms with Gasteiger partial charge in [0, 0.05) is 30.9 Å². The minimum atomic E-state index is -4.35. The highest BCUT2D eigenvalue weighted by atomic mass is 32.1. The molecule has 13 rings (SSSR count). The Morgan fingerprint density at radius 3 is 2.09 bits per heavy atom. The number of furan rings is 1. The molecule has 1 aliphatic rings. The van der Waals surface area contributed by atoms with Crippen LogP contribution < -0.4 is 26.0 Å². The van der Waals surface area contributed by atoms with Crippen molar-refractivity contribution in [2.75, 3.05) is 34.4 Å². The molecule has 1 aliphatic carbocycles. The fraction of sp³-hybridized carbons (Fsp3) is 0.231. The number of aromatic nitrogens is 16. The van der Waals surface area contributed by atoms with Crippen molar-refractivity contribution in [3.8, 4) is 6.01 Å². The van der Waals surface area contributed by atoms with E-state index in [1.165, 1.54) is 74.2 Å². The van der Waals surface area contributed by atoms with Gasteiger partial charge in [0.1, 0.15) is 64.1 Å². The fourth-order valence-corrected chi connectivity index (χ4v) is 8.66. The maximum Gasteiger partial charge on any atom is 0.416 e. The van der Waals surface area contributed by atoms with Crippen molar-refractivity contribution in [2.24, 2.45) is 5.92 Å². The van der Waals surface area contributed by atoms with Gasteiger partial charge >= 0.3 is 6.18 Å². The molecule has 78 heavy (non-hydrogen) atoms. The number of H-pyrrole nitrogens is 4. The minimum absolute atomic E-state index is 0.231. The summed E-state index contributed by atoms with van der Waals surface area (Å²) in [6.07, 6.45) is 14.0. The van der Waals surface area contributed by atoms with Crippen LogP contribution in [0.3, 0.4) is 0 Å². The molecule has 0 atom stereocenters. The number of benzene rings is 2. The molecular weight excluding hydrogens is 1030 g/mol. The number of aromatic amines is 4. The van der Waals surface area contributed by atoms with Crippen LogP contribution in [0.2, 0.25) is 0 Å². The Labute approximate surface area is 446 Å². The average Bonchev–Trinajstić information content (AvgIpc) is 4.31. The number of alkyl halides is 3. The summed E-state index contributed by atoms with van der Waals surface area (Å²) in [6, 6.07) is 20.2. The quantitative estimate of drug-likeness (QED) is 0.0446. The number of aryl methyl sites for hydroxylation is 1. The topological polar surface area (TPSA) is 288 Å². The number of anilines is 4. The van der Waals surface area contributed by atoms with Crippen LogP contribution in [0.1, 0.15) is 52.3 Å². The number of nitrogens with one attached hydrogen (secondary N) is 8. The predicted molar refractivity (Wildman–Crippen MR) is 289 cm³/mol. The van der Waals surface area contributed by atoms with Crippen LogP contribution in [0, 0.1) is 12.8 Å². The molecule has 0 aliphatic heterocycles. The Kier molecular flexibility index (Phi) is 16.5. The number of nitrogens with zero attached hydrogens (tertiary/aromatic N) is 12. The molecule has 1 saturated carbocycles. The zero-order valence-electron chi connectivity index (χ0n) is 41.8. The molecule has 0 saturated heterocycles. The second-order valence-corrected chi connectivity index (χ2v) is 18.5. The van der Waals surface area contributed by atoms with Gasteiger partial charge in [-0.25, -0.2) is 54.8 Å². The number of rotatable bonds is 16. The van der Waals surface area contributed by atoms with Crippen molar-refractivity contribution in [1.29, 1.82) is 0 Å². The molecule has 398 valence electrons. The zero-order chi connectivity index (χ0) is 53.5. The predicted octanol–water partition coefficient (Wildman–Crippen LogP) is 10.1. The minimum Gasteiger partial charge on any atom is -0.467 e. The smallest absolute Gasteiger partial charge is 0.416 e. The fourth-order valence-electron chi connectivity index (χ4n) is 8.10. The van der Waals surface area contributed by atoms with E-state index in [1.54, 1.807) is 36.2 Å². The Bertz CT molecular complexity index is 3780. The third kappa shape index (κ3) is 13.4. The third-order valence-corrected chi connectivity index (χ3v) is 13.0. The second kappa shape index (κ2) is 24.8. The van der Waals surface area contributed by atoms with Crippen molar-refractivity contribution in [3.63, 3.8) is 0 Å². The molecular formula is C52H51F3N20O2S. The maximum atomic E-state index is 12.9. The molecule has 0 amide bonds. The lowest BCUT2D eigenvalue weighted by atomic mass is 9.86. The SMILES string of the molecule is Cc1cccc(CNc2ncnc3nc[nH]c23)c1.FC(F)(F)c1ccccc1CCNc1ncnc2nc[nH]c12.c1coc(CNc2ncnc3[nH]ccc23)c1.c1csc(CNc2ncnc3nc(OCC4CCC4)[nH]c23)n1. The van der Waals surface area contributed by atoms with E-state index in [2.05, 4.69) is 132 Å². The highest BCUT2D eigenvalue weighted by Crippen LogP contribution is 2.32. The molecule has 2 aromatic carbocycles. The van der Waals surface area contributed by atoms with Crippen molar-refractivity contribution < 1.29 is 22.3 Å². The summed E-state index contributed by atoms with van der Waals surface area (Å²) in [5.74, 6) is 4.36. The van der Waals surface area contributed by atoms with Crippen LogP contribution in [0.4, 0.5) is 36.4 Å². The Balaban J connectivity index is 0.000000119. The van der Waals surface area contributed by atoms with Gasteiger partial charge in [-0.1, -0.05) is 54.4 Å². The molecule has 26 heteroatoms. The van der Waals surface area contributed by atoms with Crippen LogP contribution in [0.15, 0.2) is 133 Å². The summed E-state index contributed by atoms with van der Waals surface area (Å²) in [5, 5.41) is 16.7. The van der Waals surface area contributed by atoms with E-state index >= 15 is 0 Å². The average molecular weight is 1080 g/mol. The number of hydrogen-bond donors (Lipinski definition) is 8. The van der Waals surface area contributed by atoms with Gasteiger partial charge in [0.2, 0.25) is 0 Å². The van der Waals surface area contributed by atoms with Gasteiger partial charge in [0.25, 0.3) is 6.01 Å². The highest BCUT2D eigenvalue weighted by molar-refractivity contribution is 7.09. The summed E-state index contributed by atoms with van der Waals surface area (Å²) in [6.45, 7) is 5.09. The van der Waals surface area contributed by atoms with E-state index in [0.717, 1.165) is 63.7 Å². The van der Waals surface area contributed by atoms with Crippen LogP contribution in [-0.2, 0) is 32.2 Å². The Morgan fingerprint density at radius 1 is 0.679 bits per heavy atom. The summed E-state index contributed by atoms with van der Waals surface area (Å²) in [7, 11) is 0. The number of thiazole rings is 1. The zero-order valence-corrected chi connectivity index (χ0v) is 42.6. The van der Waals surface area contributed by atoms with Gasteiger partial charge in [0.15, 0.2) is 34.4 Å². The number of halogens is 3. The monoisotopic (exact) mass is 1080 g/mol. The number of ether oxygens (including phenoxy) is 1. The number of fused-ring (bicyclic) bond motifs is 4. The van der Waals surface area contributed by atoms with E-state index < -0.39 is 11.7 Å². The van der Waals surface area contributed by atoms with Crippen molar-refractivity contribution in [3.05, 3.63) is 162 Å². The van der Waals surface area contributed by atoms with Crippen LogP contribution in [0.25, 0.3) is 44.5 Å². The largest absolute Gasteiger partial charge is 0.467 e. The molecule has 22 nitrogen and oxygen atoms in total. The lowest BCUT2D eigenvalue weighted by molar-refractivity contribution is -0.138. The van der Waals surface area contributed by atoms with Crippen molar-refractivity contribution in [1.82, 2.24) is 79.7 Å². The van der Waals surface area contributed by atoms with Gasteiger partial charge in [0.05, 0.1) is 49.6 Å². The third-order valence-electron chi connectivity index (χ3n) is 12.2. The molecule has 8 N–H and O–H groups in total. The second-order valence-electron chi connectivity index (χ2n) is 17.6. The lowest BCUT2D eigenvalue weighted by Crippen LogP contribution is -2.19. The first-order chi connectivity index (χ1) is 38.2. The van der Waals surface area contributed by atoms with E-state index in [9.17, 15) is 13.2 Å². The van der Waals surface area contributed by atoms with Crippen LogP contribution in [0.5, 0.6) is 6.01 Å². The molecule has 0 radical (unpaired) electrons. The van der Waals surface area contributed by atoms with E-state index in [0.29, 0.717) is 65.7 Å². The molecule has 0 unspecified atom stereocenters. The molecule has 10 heterocycles. The summed E-state index contributed by atoms with van der Waals surface area (Å²) in [5.41, 5.74) is 6.98. The van der Waals surface area contributed by atoms with Gasteiger partial charge < -0.3 is 50.4 Å². The van der Waals surface area contributed by atoms with E-state index in [-0.39, 0.29) is 12.0 Å². The normalized spacial score (nSPS) is 12.2. The van der Waals surface area contributed by atoms with Gasteiger partial charge in [-0.2, -0.15) is 18.2 Å². The van der Waals surface area contributed by atoms with Gasteiger partial charge in [-0.3, -0.25) is 0 Å². The maximum absolute atomic E-state index is 12.9. The van der Waals surface area contributed by atoms with E-state index in [1.807, 2.05) is 29.8 Å². The molecule has 10 aromatic heterocycles. The van der Waals surface area contributed by atoms with Crippen molar-refractivity contribution >= 4 is 79.1 Å². The van der Waals surface area contributed by atoms with Gasteiger partial charge in [-0.15, -0.1) is 11.3 Å². The summed E-state index contributed by atoms with van der Waals surface area (Å²) in [4.78, 5) is 61.9. The van der Waals surface area contributed by atoms with Crippen LogP contribution >= 0.6 is 11.3 Å². The first-order valence-electron chi connectivity index (χ1n) is 24.7. The van der Waals surface area contributed by atoms with E-state index in [4.69, 9.17) is 9.15 Å².